The summed E-state index contributed by atoms with van der Waals surface area (Å²) in [5.41, 5.74) is 4.67. The Morgan fingerprint density at radius 2 is 1.71 bits per heavy atom. The SMILES string of the molecule is CC(=O)Nc1ccc2c(c1)C(OC(C)=O)c1ccccc1-2. The van der Waals surface area contributed by atoms with Crippen LogP contribution in [-0.4, -0.2) is 11.9 Å². The maximum atomic E-state index is 11.4. The van der Waals surface area contributed by atoms with Crippen molar-refractivity contribution < 1.29 is 14.3 Å². The van der Waals surface area contributed by atoms with Crippen molar-refractivity contribution in [3.63, 3.8) is 0 Å². The smallest absolute Gasteiger partial charge is 0.303 e. The maximum Gasteiger partial charge on any atom is 0.303 e. The van der Waals surface area contributed by atoms with Gasteiger partial charge in [0.25, 0.3) is 0 Å². The molecule has 1 amide bonds. The third-order valence-electron chi connectivity index (χ3n) is 3.47. The van der Waals surface area contributed by atoms with Gasteiger partial charge in [0.05, 0.1) is 0 Å². The highest BCUT2D eigenvalue weighted by Gasteiger charge is 2.30. The fourth-order valence-electron chi connectivity index (χ4n) is 2.74. The van der Waals surface area contributed by atoms with Crippen molar-refractivity contribution in [1.82, 2.24) is 0 Å². The van der Waals surface area contributed by atoms with E-state index in [-0.39, 0.29) is 11.9 Å². The molecule has 1 aliphatic rings. The minimum atomic E-state index is -0.414. The Hall–Kier alpha value is -2.62. The van der Waals surface area contributed by atoms with Crippen molar-refractivity contribution in [1.29, 1.82) is 0 Å². The zero-order chi connectivity index (χ0) is 15.0. The molecule has 4 heteroatoms. The first kappa shape index (κ1) is 13.4. The Morgan fingerprint density at radius 3 is 2.43 bits per heavy atom. The van der Waals surface area contributed by atoms with E-state index in [0.29, 0.717) is 5.69 Å². The van der Waals surface area contributed by atoms with Gasteiger partial charge in [-0.05, 0) is 23.3 Å². The van der Waals surface area contributed by atoms with Gasteiger partial charge in [0.1, 0.15) is 0 Å². The number of nitrogens with one attached hydrogen (secondary N) is 1. The number of esters is 1. The Bertz CT molecular complexity index is 737. The van der Waals surface area contributed by atoms with Crippen molar-refractivity contribution in [2.45, 2.75) is 20.0 Å². The predicted octanol–water partition coefficient (Wildman–Crippen LogP) is 3.28. The van der Waals surface area contributed by atoms with Gasteiger partial charge in [0, 0.05) is 30.7 Å². The molecule has 1 unspecified atom stereocenters. The molecule has 1 atom stereocenters. The van der Waals surface area contributed by atoms with E-state index < -0.39 is 6.10 Å². The molecule has 2 aromatic carbocycles. The largest absolute Gasteiger partial charge is 0.453 e. The van der Waals surface area contributed by atoms with Gasteiger partial charge in [0.2, 0.25) is 5.91 Å². The second-order valence-corrected chi connectivity index (χ2v) is 5.06. The Balaban J connectivity index is 2.11. The van der Waals surface area contributed by atoms with Gasteiger partial charge >= 0.3 is 5.97 Å². The monoisotopic (exact) mass is 281 g/mol. The number of anilines is 1. The lowest BCUT2D eigenvalue weighted by Crippen LogP contribution is -2.09. The molecule has 0 heterocycles. The average molecular weight is 281 g/mol. The summed E-state index contributed by atoms with van der Waals surface area (Å²) in [5.74, 6) is -0.456. The lowest BCUT2D eigenvalue weighted by Gasteiger charge is -2.14. The fourth-order valence-corrected chi connectivity index (χ4v) is 2.74. The summed E-state index contributed by atoms with van der Waals surface area (Å²) in [7, 11) is 0. The number of rotatable bonds is 2. The van der Waals surface area contributed by atoms with E-state index in [4.69, 9.17) is 4.74 Å². The number of hydrogen-bond donors (Lipinski definition) is 1. The highest BCUT2D eigenvalue weighted by atomic mass is 16.5. The quantitative estimate of drug-likeness (QED) is 0.859. The van der Waals surface area contributed by atoms with E-state index >= 15 is 0 Å². The van der Waals surface area contributed by atoms with Crippen LogP contribution in [0.5, 0.6) is 0 Å². The lowest BCUT2D eigenvalue weighted by atomic mass is 10.1. The number of carbonyl (C=O) groups is 2. The van der Waals surface area contributed by atoms with E-state index in [1.54, 1.807) is 0 Å². The number of ether oxygens (including phenoxy) is 1. The molecule has 2 aromatic rings. The summed E-state index contributed by atoms with van der Waals surface area (Å²) in [6.45, 7) is 2.86. The van der Waals surface area contributed by atoms with Crippen LogP contribution in [-0.2, 0) is 14.3 Å². The van der Waals surface area contributed by atoms with E-state index in [2.05, 4.69) is 5.32 Å². The molecule has 4 nitrogen and oxygen atoms in total. The first-order valence-corrected chi connectivity index (χ1v) is 6.74. The zero-order valence-electron chi connectivity index (χ0n) is 11.8. The van der Waals surface area contributed by atoms with E-state index in [1.165, 1.54) is 13.8 Å². The summed E-state index contributed by atoms with van der Waals surface area (Å²) in [4.78, 5) is 22.6. The molecule has 0 aromatic heterocycles. The van der Waals surface area contributed by atoms with Gasteiger partial charge in [-0.2, -0.15) is 0 Å². The van der Waals surface area contributed by atoms with E-state index in [0.717, 1.165) is 22.3 Å². The van der Waals surface area contributed by atoms with Crippen LogP contribution in [0.4, 0.5) is 5.69 Å². The minimum absolute atomic E-state index is 0.130. The summed E-state index contributed by atoms with van der Waals surface area (Å²) in [5, 5.41) is 2.76. The minimum Gasteiger partial charge on any atom is -0.453 e. The Labute approximate surface area is 122 Å². The molecule has 21 heavy (non-hydrogen) atoms. The topological polar surface area (TPSA) is 55.4 Å². The van der Waals surface area contributed by atoms with Gasteiger partial charge in [-0.3, -0.25) is 9.59 Å². The number of benzene rings is 2. The average Bonchev–Trinajstić information content (AvgIpc) is 2.72. The van der Waals surface area contributed by atoms with Crippen LogP contribution in [0.3, 0.4) is 0 Å². The maximum absolute atomic E-state index is 11.4. The molecule has 0 radical (unpaired) electrons. The number of amides is 1. The molecule has 106 valence electrons. The van der Waals surface area contributed by atoms with Crippen LogP contribution in [0.15, 0.2) is 42.5 Å². The summed E-state index contributed by atoms with van der Waals surface area (Å²) >= 11 is 0. The first-order chi connectivity index (χ1) is 10.1. The zero-order valence-corrected chi connectivity index (χ0v) is 11.8. The molecular weight excluding hydrogens is 266 g/mol. The molecular formula is C17H15NO3. The van der Waals surface area contributed by atoms with Crippen molar-refractivity contribution in [3.8, 4) is 11.1 Å². The van der Waals surface area contributed by atoms with E-state index in [1.807, 2.05) is 42.5 Å². The second kappa shape index (κ2) is 5.05. The summed E-state index contributed by atoms with van der Waals surface area (Å²) < 4.78 is 5.47. The third-order valence-corrected chi connectivity index (χ3v) is 3.47. The number of carbonyl (C=O) groups excluding carboxylic acids is 2. The molecule has 0 saturated carbocycles. The first-order valence-electron chi connectivity index (χ1n) is 6.74. The normalized spacial score (nSPS) is 15.0. The molecule has 1 N–H and O–H groups in total. The summed E-state index contributed by atoms with van der Waals surface area (Å²) in [6, 6.07) is 13.5. The lowest BCUT2D eigenvalue weighted by molar-refractivity contribution is -0.144. The van der Waals surface area contributed by atoms with Crippen LogP contribution < -0.4 is 5.32 Å². The van der Waals surface area contributed by atoms with Gasteiger partial charge < -0.3 is 10.1 Å². The van der Waals surface area contributed by atoms with Crippen molar-refractivity contribution in [3.05, 3.63) is 53.6 Å². The molecule has 0 bridgehead atoms. The molecule has 0 spiro atoms. The van der Waals surface area contributed by atoms with Gasteiger partial charge in [-0.1, -0.05) is 30.3 Å². The van der Waals surface area contributed by atoms with Crippen LogP contribution in [0.2, 0.25) is 0 Å². The van der Waals surface area contributed by atoms with E-state index in [9.17, 15) is 9.59 Å². The van der Waals surface area contributed by atoms with Gasteiger partial charge in [-0.25, -0.2) is 0 Å². The number of fused-ring (bicyclic) bond motifs is 3. The van der Waals surface area contributed by atoms with Gasteiger partial charge in [-0.15, -0.1) is 0 Å². The van der Waals surface area contributed by atoms with Crippen molar-refractivity contribution >= 4 is 17.6 Å². The summed E-state index contributed by atoms with van der Waals surface area (Å²) in [6.07, 6.45) is -0.414. The van der Waals surface area contributed by atoms with Gasteiger partial charge in [0.15, 0.2) is 6.10 Å². The van der Waals surface area contributed by atoms with Crippen LogP contribution in [0.1, 0.15) is 31.1 Å². The third kappa shape index (κ3) is 2.40. The molecule has 0 fully saturated rings. The molecule has 0 aliphatic heterocycles. The Kier molecular flexibility index (Phi) is 3.22. The number of hydrogen-bond acceptors (Lipinski definition) is 3. The fraction of sp³-hybridized carbons (Fsp3) is 0.176. The standard InChI is InChI=1S/C17H15NO3/c1-10(19)18-12-7-8-14-13-5-3-4-6-15(13)17(16(14)9-12)21-11(2)20/h3-9,17H,1-2H3,(H,18,19). The highest BCUT2D eigenvalue weighted by molar-refractivity contribution is 5.90. The van der Waals surface area contributed by atoms with Crippen LogP contribution in [0.25, 0.3) is 11.1 Å². The molecule has 3 rings (SSSR count). The van der Waals surface area contributed by atoms with Crippen LogP contribution in [0, 0.1) is 0 Å². The molecule has 1 aliphatic carbocycles. The van der Waals surface area contributed by atoms with Crippen molar-refractivity contribution in [2.75, 3.05) is 5.32 Å². The van der Waals surface area contributed by atoms with Crippen molar-refractivity contribution in [2.24, 2.45) is 0 Å². The van der Waals surface area contributed by atoms with Crippen LogP contribution >= 0.6 is 0 Å². The molecule has 0 saturated heterocycles. The predicted molar refractivity (Wildman–Crippen MR) is 79.8 cm³/mol. The highest BCUT2D eigenvalue weighted by Crippen LogP contribution is 2.46. The second-order valence-electron chi connectivity index (χ2n) is 5.06. The Morgan fingerprint density at radius 1 is 1.00 bits per heavy atom.